The molecule has 0 saturated carbocycles. The number of amides is 2. The van der Waals surface area contributed by atoms with Gasteiger partial charge in [0, 0.05) is 6.92 Å². The Labute approximate surface area is 81.1 Å². The van der Waals surface area contributed by atoms with Crippen molar-refractivity contribution in [2.24, 2.45) is 5.73 Å². The van der Waals surface area contributed by atoms with Crippen molar-refractivity contribution in [2.45, 2.75) is 6.92 Å². The lowest BCUT2D eigenvalue weighted by Gasteiger charge is -1.96. The van der Waals surface area contributed by atoms with Gasteiger partial charge in [0.1, 0.15) is 5.70 Å². The van der Waals surface area contributed by atoms with Gasteiger partial charge in [-0.25, -0.2) is 4.79 Å². The van der Waals surface area contributed by atoms with Crippen molar-refractivity contribution in [2.75, 3.05) is 0 Å². The molecule has 2 amide bonds. The normalized spacial score (nSPS) is 7.50. The predicted octanol–water partition coefficient (Wildman–Crippen LogP) is -0.621. The molecule has 0 bridgehead atoms. The molecule has 0 aromatic heterocycles. The average molecular weight is 200 g/mol. The average Bonchev–Trinajstić information content (AvgIpc) is 2.04. The third-order valence-corrected chi connectivity index (χ3v) is 0.786. The molecule has 0 spiro atoms. The number of primary amides is 1. The molecule has 6 nitrogen and oxygen atoms in total. The number of rotatable bonds is 3. The standard InChI is InChI=1S/C5H7NO3.C3H5NO/c1-3(5(8)9)6-4(2)7;1-2-3(4)5/h1H2,2H3,(H,6,7)(H,8,9);2H,1H2,(H2,4,5). The minimum Gasteiger partial charge on any atom is -0.477 e. The van der Waals surface area contributed by atoms with Crippen LogP contribution in [0.3, 0.4) is 0 Å². The summed E-state index contributed by atoms with van der Waals surface area (Å²) in [5, 5.41) is 10.1. The van der Waals surface area contributed by atoms with Crippen LogP contribution in [-0.4, -0.2) is 22.9 Å². The molecule has 6 heteroatoms. The lowest BCUT2D eigenvalue weighted by atomic mass is 10.5. The van der Waals surface area contributed by atoms with Crippen LogP contribution in [0.1, 0.15) is 6.92 Å². The second-order valence-electron chi connectivity index (χ2n) is 2.07. The van der Waals surface area contributed by atoms with Gasteiger partial charge >= 0.3 is 5.97 Å². The Kier molecular flexibility index (Phi) is 7.76. The molecule has 0 atom stereocenters. The number of aliphatic carboxylic acids is 1. The van der Waals surface area contributed by atoms with Crippen LogP contribution in [0.15, 0.2) is 24.9 Å². The van der Waals surface area contributed by atoms with E-state index in [0.717, 1.165) is 6.08 Å². The molecule has 0 radical (unpaired) electrons. The molecule has 14 heavy (non-hydrogen) atoms. The van der Waals surface area contributed by atoms with E-state index in [1.54, 1.807) is 0 Å². The summed E-state index contributed by atoms with van der Waals surface area (Å²) in [5.41, 5.74) is 4.23. The van der Waals surface area contributed by atoms with Gasteiger partial charge in [0.25, 0.3) is 0 Å². The maximum absolute atomic E-state index is 10.1. The Morgan fingerprint density at radius 1 is 1.43 bits per heavy atom. The Morgan fingerprint density at radius 2 is 1.79 bits per heavy atom. The Morgan fingerprint density at radius 3 is 1.86 bits per heavy atom. The first-order chi connectivity index (χ1) is 6.31. The molecule has 0 aromatic rings. The maximum atomic E-state index is 10.1. The number of hydrogen-bond donors (Lipinski definition) is 3. The molecule has 0 heterocycles. The maximum Gasteiger partial charge on any atom is 0.351 e. The zero-order valence-corrected chi connectivity index (χ0v) is 7.74. The molecule has 0 aromatic carbocycles. The van der Waals surface area contributed by atoms with E-state index in [1.807, 2.05) is 5.32 Å². The van der Waals surface area contributed by atoms with Gasteiger partial charge in [-0.2, -0.15) is 0 Å². The minimum absolute atomic E-state index is 0.303. The number of carbonyl (C=O) groups excluding carboxylic acids is 2. The highest BCUT2D eigenvalue weighted by Crippen LogP contribution is 1.80. The van der Waals surface area contributed by atoms with E-state index < -0.39 is 17.8 Å². The van der Waals surface area contributed by atoms with Crippen LogP contribution in [0.5, 0.6) is 0 Å². The lowest BCUT2D eigenvalue weighted by molar-refractivity contribution is -0.134. The summed E-state index contributed by atoms with van der Waals surface area (Å²) in [6.45, 7) is 7.36. The van der Waals surface area contributed by atoms with Crippen LogP contribution in [-0.2, 0) is 14.4 Å². The van der Waals surface area contributed by atoms with E-state index in [9.17, 15) is 14.4 Å². The van der Waals surface area contributed by atoms with Crippen LogP contribution < -0.4 is 11.1 Å². The Bertz CT molecular complexity index is 271. The fraction of sp³-hybridized carbons (Fsp3) is 0.125. The molecule has 0 unspecified atom stereocenters. The van der Waals surface area contributed by atoms with Gasteiger partial charge < -0.3 is 16.2 Å². The summed E-state index contributed by atoms with van der Waals surface area (Å²) in [5.74, 6) is -2.13. The molecular formula is C8H12N2O4. The first kappa shape index (κ1) is 14.4. The molecule has 0 rings (SSSR count). The summed E-state index contributed by atoms with van der Waals surface area (Å²) < 4.78 is 0. The molecule has 0 aliphatic carbocycles. The smallest absolute Gasteiger partial charge is 0.351 e. The largest absolute Gasteiger partial charge is 0.477 e. The number of nitrogens with two attached hydrogens (primary N) is 1. The Balaban J connectivity index is 0. The fourth-order valence-electron chi connectivity index (χ4n) is 0.266. The second kappa shape index (κ2) is 7.53. The van der Waals surface area contributed by atoms with Gasteiger partial charge in [-0.3, -0.25) is 9.59 Å². The summed E-state index contributed by atoms with van der Waals surface area (Å²) in [4.78, 5) is 29.5. The molecule has 4 N–H and O–H groups in total. The molecule has 0 aliphatic heterocycles. The minimum atomic E-state index is -1.22. The van der Waals surface area contributed by atoms with Crippen LogP contribution in [0.25, 0.3) is 0 Å². The number of hydrogen-bond acceptors (Lipinski definition) is 3. The third-order valence-electron chi connectivity index (χ3n) is 0.786. The zero-order valence-electron chi connectivity index (χ0n) is 7.74. The van der Waals surface area contributed by atoms with Crippen molar-refractivity contribution < 1.29 is 19.5 Å². The SMILES string of the molecule is C=C(NC(C)=O)C(=O)O.C=CC(N)=O. The number of nitrogens with one attached hydrogen (secondary N) is 1. The van der Waals surface area contributed by atoms with Crippen molar-refractivity contribution in [1.82, 2.24) is 5.32 Å². The second-order valence-corrected chi connectivity index (χ2v) is 2.07. The van der Waals surface area contributed by atoms with Gasteiger partial charge in [-0.05, 0) is 6.08 Å². The van der Waals surface area contributed by atoms with Crippen molar-refractivity contribution in [3.05, 3.63) is 24.9 Å². The highest BCUT2D eigenvalue weighted by Gasteiger charge is 2.02. The summed E-state index contributed by atoms with van der Waals surface area (Å²) in [6, 6.07) is 0. The monoisotopic (exact) mass is 200 g/mol. The van der Waals surface area contributed by atoms with Crippen LogP contribution >= 0.6 is 0 Å². The van der Waals surface area contributed by atoms with Crippen LogP contribution in [0, 0.1) is 0 Å². The highest BCUT2D eigenvalue weighted by molar-refractivity contribution is 5.91. The summed E-state index contributed by atoms with van der Waals surface area (Å²) in [7, 11) is 0. The van der Waals surface area contributed by atoms with Crippen molar-refractivity contribution in [3.63, 3.8) is 0 Å². The topological polar surface area (TPSA) is 109 Å². The quantitative estimate of drug-likeness (QED) is 0.527. The summed E-state index contributed by atoms with van der Waals surface area (Å²) >= 11 is 0. The first-order valence-electron chi connectivity index (χ1n) is 3.43. The molecule has 0 fully saturated rings. The number of carboxylic acid groups (broad SMARTS) is 1. The highest BCUT2D eigenvalue weighted by atomic mass is 16.4. The van der Waals surface area contributed by atoms with Crippen LogP contribution in [0.4, 0.5) is 0 Å². The van der Waals surface area contributed by atoms with E-state index in [0.29, 0.717) is 0 Å². The van der Waals surface area contributed by atoms with E-state index in [4.69, 9.17) is 5.11 Å². The molecule has 0 saturated heterocycles. The van der Waals surface area contributed by atoms with Gasteiger partial charge in [0.15, 0.2) is 0 Å². The molecule has 0 aliphatic rings. The van der Waals surface area contributed by atoms with Gasteiger partial charge in [-0.15, -0.1) is 0 Å². The van der Waals surface area contributed by atoms with Gasteiger partial charge in [-0.1, -0.05) is 13.2 Å². The van der Waals surface area contributed by atoms with Gasteiger partial charge in [0.2, 0.25) is 11.8 Å². The Hall–Kier alpha value is -2.11. The third kappa shape index (κ3) is 12.6. The summed E-state index contributed by atoms with van der Waals surface area (Å²) in [6.07, 6.45) is 1.06. The van der Waals surface area contributed by atoms with E-state index in [-0.39, 0.29) is 5.70 Å². The van der Waals surface area contributed by atoms with Gasteiger partial charge in [0.05, 0.1) is 0 Å². The predicted molar refractivity (Wildman–Crippen MR) is 50.0 cm³/mol. The molecule has 78 valence electrons. The number of carboxylic acids is 1. The van der Waals surface area contributed by atoms with Crippen molar-refractivity contribution >= 4 is 17.8 Å². The van der Waals surface area contributed by atoms with E-state index in [1.165, 1.54) is 6.92 Å². The van der Waals surface area contributed by atoms with Crippen molar-refractivity contribution in [1.29, 1.82) is 0 Å². The lowest BCUT2D eigenvalue weighted by Crippen LogP contribution is -2.23. The van der Waals surface area contributed by atoms with Crippen LogP contribution in [0.2, 0.25) is 0 Å². The fourth-order valence-corrected chi connectivity index (χ4v) is 0.266. The number of carbonyl (C=O) groups is 3. The zero-order chi connectivity index (χ0) is 11.7. The molecular weight excluding hydrogens is 188 g/mol. The van der Waals surface area contributed by atoms with E-state index >= 15 is 0 Å². The van der Waals surface area contributed by atoms with E-state index in [2.05, 4.69) is 18.9 Å². The van der Waals surface area contributed by atoms with Crippen molar-refractivity contribution in [3.8, 4) is 0 Å². The first-order valence-corrected chi connectivity index (χ1v) is 3.43.